The second-order valence-corrected chi connectivity index (χ2v) is 7.03. The van der Waals surface area contributed by atoms with Gasteiger partial charge in [0.1, 0.15) is 5.75 Å². The first-order valence-corrected chi connectivity index (χ1v) is 9.71. The summed E-state index contributed by atoms with van der Waals surface area (Å²) in [4.78, 5) is 14.8. The number of nitrogens with zero attached hydrogens (tertiary/aromatic N) is 1. The molecule has 1 heterocycles. The van der Waals surface area contributed by atoms with Crippen LogP contribution in [0.25, 0.3) is 11.1 Å². The summed E-state index contributed by atoms with van der Waals surface area (Å²) < 4.78 is 38.9. The van der Waals surface area contributed by atoms with Crippen LogP contribution in [-0.2, 0) is 11.3 Å². The van der Waals surface area contributed by atoms with Gasteiger partial charge in [-0.25, -0.2) is 13.6 Å². The van der Waals surface area contributed by atoms with Gasteiger partial charge in [0.25, 0.3) is 11.8 Å². The fourth-order valence-electron chi connectivity index (χ4n) is 2.81. The minimum atomic E-state index is -1.34. The van der Waals surface area contributed by atoms with Crippen molar-refractivity contribution in [1.82, 2.24) is 4.98 Å². The second kappa shape index (κ2) is 9.72. The molecule has 1 atom stereocenters. The van der Waals surface area contributed by atoms with Crippen LogP contribution in [0.2, 0.25) is 5.02 Å². The number of benzene rings is 2. The van der Waals surface area contributed by atoms with Gasteiger partial charge in [-0.1, -0.05) is 36.7 Å². The monoisotopic (exact) mass is 448 g/mol. The molecule has 6 nitrogen and oxygen atoms in total. The third kappa shape index (κ3) is 5.48. The lowest BCUT2D eigenvalue weighted by Crippen LogP contribution is -2.26. The van der Waals surface area contributed by atoms with Gasteiger partial charge in [0.2, 0.25) is 0 Å². The van der Waals surface area contributed by atoms with Crippen molar-refractivity contribution in [2.24, 2.45) is 5.73 Å². The molecule has 3 aromatic rings. The first-order chi connectivity index (χ1) is 14.8. The first-order valence-electron chi connectivity index (χ1n) is 9.34. The normalized spacial score (nSPS) is 11.8. The summed E-state index contributed by atoms with van der Waals surface area (Å²) in [7, 11) is 0. The van der Waals surface area contributed by atoms with E-state index >= 15 is 0 Å². The average Bonchev–Trinajstić information content (AvgIpc) is 2.74. The molecule has 0 fully saturated rings. The van der Waals surface area contributed by atoms with E-state index in [0.717, 1.165) is 11.1 Å². The lowest BCUT2D eigenvalue weighted by atomic mass is 10.0. The van der Waals surface area contributed by atoms with Crippen molar-refractivity contribution in [3.63, 3.8) is 0 Å². The van der Waals surface area contributed by atoms with Crippen LogP contribution in [0.15, 0.2) is 48.5 Å². The van der Waals surface area contributed by atoms with Crippen LogP contribution in [0.3, 0.4) is 0 Å². The highest BCUT2D eigenvalue weighted by Gasteiger charge is 2.22. The Kier molecular flexibility index (Phi) is 7.04. The first kappa shape index (κ1) is 22.5. The molecule has 9 heteroatoms. The number of ether oxygens (including phenoxy) is 2. The largest absolute Gasteiger partial charge is 0.479 e. The van der Waals surface area contributed by atoms with Crippen molar-refractivity contribution in [1.29, 1.82) is 0 Å². The number of nitrogens with two attached hydrogens (primary N) is 1. The van der Waals surface area contributed by atoms with Crippen molar-refractivity contribution in [2.45, 2.75) is 26.0 Å². The van der Waals surface area contributed by atoms with Gasteiger partial charge in [-0.2, -0.15) is 4.98 Å². The van der Waals surface area contributed by atoms with Crippen molar-refractivity contribution in [3.05, 3.63) is 70.8 Å². The van der Waals surface area contributed by atoms with Gasteiger partial charge < -0.3 is 20.3 Å². The summed E-state index contributed by atoms with van der Waals surface area (Å²) >= 11 is 6.19. The third-order valence-electron chi connectivity index (χ3n) is 4.35. The number of halogens is 3. The molecule has 2 aromatic carbocycles. The maximum atomic E-state index is 14.3. The fraction of sp³-hybridized carbons (Fsp3) is 0.182. The van der Waals surface area contributed by atoms with Crippen molar-refractivity contribution in [3.8, 4) is 28.6 Å². The zero-order valence-electron chi connectivity index (χ0n) is 16.4. The van der Waals surface area contributed by atoms with Crippen LogP contribution in [0.4, 0.5) is 8.78 Å². The van der Waals surface area contributed by atoms with E-state index in [1.165, 1.54) is 6.07 Å². The van der Waals surface area contributed by atoms with Gasteiger partial charge in [-0.05, 0) is 47.4 Å². The van der Waals surface area contributed by atoms with E-state index in [1.807, 2.05) is 24.3 Å². The number of aliphatic carboxylic acids is 1. The van der Waals surface area contributed by atoms with Gasteiger partial charge in [-0.3, -0.25) is 0 Å². The predicted molar refractivity (Wildman–Crippen MR) is 111 cm³/mol. The third-order valence-corrected chi connectivity index (χ3v) is 4.57. The molecule has 31 heavy (non-hydrogen) atoms. The van der Waals surface area contributed by atoms with Crippen molar-refractivity contribution in [2.75, 3.05) is 0 Å². The number of pyridine rings is 1. The molecule has 0 saturated heterocycles. The van der Waals surface area contributed by atoms with Gasteiger partial charge in [0.15, 0.2) is 17.7 Å². The van der Waals surface area contributed by atoms with E-state index in [4.69, 9.17) is 31.9 Å². The summed E-state index contributed by atoms with van der Waals surface area (Å²) in [5.41, 5.74) is 8.11. The lowest BCUT2D eigenvalue weighted by molar-refractivity contribution is -0.145. The van der Waals surface area contributed by atoms with E-state index in [2.05, 4.69) is 4.98 Å². The lowest BCUT2D eigenvalue weighted by Gasteiger charge is -2.14. The molecule has 0 radical (unpaired) electrons. The number of carboxylic acids is 1. The van der Waals surface area contributed by atoms with Crippen molar-refractivity contribution < 1.29 is 28.2 Å². The molecule has 0 aliphatic heterocycles. The van der Waals surface area contributed by atoms with Crippen LogP contribution >= 0.6 is 11.6 Å². The van der Waals surface area contributed by atoms with Crippen LogP contribution in [0, 0.1) is 11.6 Å². The van der Waals surface area contributed by atoms with E-state index in [1.54, 1.807) is 19.1 Å². The van der Waals surface area contributed by atoms with Crippen molar-refractivity contribution >= 4 is 17.6 Å². The summed E-state index contributed by atoms with van der Waals surface area (Å²) in [5.74, 6) is -4.64. The zero-order valence-corrected chi connectivity index (χ0v) is 17.2. The van der Waals surface area contributed by atoms with Crippen LogP contribution < -0.4 is 15.2 Å². The number of hydrogen-bond acceptors (Lipinski definition) is 5. The topological polar surface area (TPSA) is 94.7 Å². The maximum absolute atomic E-state index is 14.3. The SMILES string of the molecule is CCC(Oc1nc(Oc2cc(Cl)cc(-c3cccc(CN)c3)c2)c(F)cc1F)C(=O)O. The van der Waals surface area contributed by atoms with Crippen LogP contribution in [-0.4, -0.2) is 22.2 Å². The zero-order chi connectivity index (χ0) is 22.5. The molecule has 0 aliphatic carbocycles. The minimum absolute atomic E-state index is 0.0591. The highest BCUT2D eigenvalue weighted by molar-refractivity contribution is 6.31. The quantitative estimate of drug-likeness (QED) is 0.493. The van der Waals surface area contributed by atoms with E-state index in [0.29, 0.717) is 23.2 Å². The molecule has 1 unspecified atom stereocenters. The Hall–Kier alpha value is -3.23. The molecule has 0 saturated carbocycles. The summed E-state index contributed by atoms with van der Waals surface area (Å²) in [6.07, 6.45) is -1.28. The highest BCUT2D eigenvalue weighted by Crippen LogP contribution is 2.33. The molecule has 162 valence electrons. The fourth-order valence-corrected chi connectivity index (χ4v) is 3.03. The van der Waals surface area contributed by atoms with Gasteiger partial charge in [0, 0.05) is 17.6 Å². The average molecular weight is 449 g/mol. The smallest absolute Gasteiger partial charge is 0.344 e. The molecule has 0 amide bonds. The Morgan fingerprint density at radius 1 is 1.13 bits per heavy atom. The number of rotatable bonds is 8. The van der Waals surface area contributed by atoms with E-state index in [-0.39, 0.29) is 12.2 Å². The Morgan fingerprint density at radius 2 is 1.87 bits per heavy atom. The number of aromatic nitrogens is 1. The highest BCUT2D eigenvalue weighted by atomic mass is 35.5. The number of carbonyl (C=O) groups is 1. The van der Waals surface area contributed by atoms with Crippen LogP contribution in [0.1, 0.15) is 18.9 Å². The summed E-state index contributed by atoms with van der Waals surface area (Å²) in [6.45, 7) is 1.91. The van der Waals surface area contributed by atoms with E-state index in [9.17, 15) is 13.6 Å². The molecule has 3 rings (SSSR count). The molecular formula is C22H19ClF2N2O4. The standard InChI is InChI=1S/C22H19ClF2N2O4/c1-2-19(22(28)29)31-21-18(25)10-17(24)20(27-21)30-16-8-14(7-15(23)9-16)13-5-3-4-12(6-13)11-26/h3-10,19H,2,11,26H2,1H3,(H,28,29). The Balaban J connectivity index is 1.94. The summed E-state index contributed by atoms with van der Waals surface area (Å²) in [6, 6.07) is 12.7. The molecule has 3 N–H and O–H groups in total. The second-order valence-electron chi connectivity index (χ2n) is 6.60. The molecular weight excluding hydrogens is 430 g/mol. The minimum Gasteiger partial charge on any atom is -0.479 e. The van der Waals surface area contributed by atoms with Gasteiger partial charge >= 0.3 is 5.97 Å². The number of carboxylic acid groups (broad SMARTS) is 1. The van der Waals surface area contributed by atoms with E-state index < -0.39 is 35.5 Å². The van der Waals surface area contributed by atoms with Gasteiger partial charge in [0.05, 0.1) is 0 Å². The van der Waals surface area contributed by atoms with Gasteiger partial charge in [-0.15, -0.1) is 0 Å². The Bertz CT molecular complexity index is 1110. The molecule has 0 bridgehead atoms. The molecule has 0 aliphatic rings. The maximum Gasteiger partial charge on any atom is 0.344 e. The molecule has 1 aromatic heterocycles. The number of hydrogen-bond donors (Lipinski definition) is 2. The predicted octanol–water partition coefficient (Wildman–Crippen LogP) is 5.17. The molecule has 0 spiro atoms. The summed E-state index contributed by atoms with van der Waals surface area (Å²) in [5, 5.41) is 9.41. The Morgan fingerprint density at radius 3 is 2.55 bits per heavy atom. The van der Waals surface area contributed by atoms with Crippen LogP contribution in [0.5, 0.6) is 17.5 Å². The Labute approximate surface area is 182 Å².